The molecule has 2 rings (SSSR count). The molecular weight excluding hydrogens is 294 g/mol. The van der Waals surface area contributed by atoms with Gasteiger partial charge in [0.15, 0.2) is 9.84 Å². The average molecular weight is 311 g/mol. The first-order valence-electron chi connectivity index (χ1n) is 6.28. The fourth-order valence-corrected chi connectivity index (χ4v) is 3.89. The molecule has 7 heteroatoms. The quantitative estimate of drug-likeness (QED) is 0.848. The van der Waals surface area contributed by atoms with Gasteiger partial charge in [0.1, 0.15) is 0 Å². The van der Waals surface area contributed by atoms with Crippen molar-refractivity contribution in [3.05, 3.63) is 39.9 Å². The van der Waals surface area contributed by atoms with Crippen LogP contribution in [0, 0.1) is 6.92 Å². The molecule has 0 N–H and O–H groups in total. The zero-order chi connectivity index (χ0) is 14.8. The molecule has 0 aromatic carbocycles. The summed E-state index contributed by atoms with van der Waals surface area (Å²) >= 11 is 1.50. The average Bonchev–Trinajstić information content (AvgIpc) is 2.79. The standard InChI is InChI=1S/C13H17N3O2S2/c1-9(2)13-16-12(6-19-13)8-20(17,18)7-11-5-14-10(3)4-15-11/h4-6,9H,7-8H2,1-3H3. The van der Waals surface area contributed by atoms with Crippen molar-refractivity contribution in [1.82, 2.24) is 15.0 Å². The third kappa shape index (κ3) is 4.08. The lowest BCUT2D eigenvalue weighted by Crippen LogP contribution is -2.09. The molecule has 108 valence electrons. The minimum Gasteiger partial charge on any atom is -0.258 e. The Hall–Kier alpha value is -1.34. The van der Waals surface area contributed by atoms with Gasteiger partial charge in [-0.2, -0.15) is 0 Å². The van der Waals surface area contributed by atoms with Gasteiger partial charge in [0.25, 0.3) is 0 Å². The van der Waals surface area contributed by atoms with Crippen LogP contribution >= 0.6 is 11.3 Å². The Morgan fingerprint density at radius 3 is 2.40 bits per heavy atom. The maximum absolute atomic E-state index is 12.1. The Bertz CT molecular complexity index is 676. The number of hydrogen-bond donors (Lipinski definition) is 0. The maximum Gasteiger partial charge on any atom is 0.161 e. The fraction of sp³-hybridized carbons (Fsp3) is 0.462. The summed E-state index contributed by atoms with van der Waals surface area (Å²) in [4.78, 5) is 12.5. The Morgan fingerprint density at radius 2 is 1.85 bits per heavy atom. The zero-order valence-electron chi connectivity index (χ0n) is 11.7. The van der Waals surface area contributed by atoms with Crippen LogP contribution in [0.4, 0.5) is 0 Å². The second kappa shape index (κ2) is 5.97. The number of aromatic nitrogens is 3. The molecule has 2 aromatic heterocycles. The van der Waals surface area contributed by atoms with Gasteiger partial charge in [-0.3, -0.25) is 9.97 Å². The third-order valence-corrected chi connectivity index (χ3v) is 5.30. The topological polar surface area (TPSA) is 72.8 Å². The highest BCUT2D eigenvalue weighted by molar-refractivity contribution is 7.89. The molecule has 0 fully saturated rings. The fourth-order valence-electron chi connectivity index (χ4n) is 1.65. The van der Waals surface area contributed by atoms with E-state index in [2.05, 4.69) is 15.0 Å². The monoisotopic (exact) mass is 311 g/mol. The van der Waals surface area contributed by atoms with Gasteiger partial charge in [-0.15, -0.1) is 11.3 Å². The first kappa shape index (κ1) is 15.1. The molecule has 20 heavy (non-hydrogen) atoms. The van der Waals surface area contributed by atoms with Gasteiger partial charge in [-0.25, -0.2) is 13.4 Å². The van der Waals surface area contributed by atoms with Gasteiger partial charge < -0.3 is 0 Å². The minimum absolute atomic E-state index is 0.0498. The van der Waals surface area contributed by atoms with Crippen LogP contribution in [0.15, 0.2) is 17.8 Å². The molecule has 2 aromatic rings. The summed E-state index contributed by atoms with van der Waals surface area (Å²) in [5, 5.41) is 2.78. The van der Waals surface area contributed by atoms with E-state index in [1.54, 1.807) is 6.20 Å². The van der Waals surface area contributed by atoms with Crippen LogP contribution < -0.4 is 0 Å². The molecule has 0 unspecified atom stereocenters. The van der Waals surface area contributed by atoms with Gasteiger partial charge in [0, 0.05) is 23.7 Å². The molecule has 0 atom stereocenters. The Labute approximate surface area is 123 Å². The molecular formula is C13H17N3O2S2. The van der Waals surface area contributed by atoms with E-state index < -0.39 is 9.84 Å². The van der Waals surface area contributed by atoms with Crippen molar-refractivity contribution >= 4 is 21.2 Å². The first-order valence-corrected chi connectivity index (χ1v) is 8.98. The Morgan fingerprint density at radius 1 is 1.15 bits per heavy atom. The predicted octanol–water partition coefficient (Wildman–Crippen LogP) is 2.48. The van der Waals surface area contributed by atoms with E-state index in [0.29, 0.717) is 17.3 Å². The van der Waals surface area contributed by atoms with Crippen LogP contribution in [0.1, 0.15) is 41.9 Å². The first-order chi connectivity index (χ1) is 9.35. The van der Waals surface area contributed by atoms with E-state index in [1.165, 1.54) is 17.5 Å². The molecule has 0 radical (unpaired) electrons. The lowest BCUT2D eigenvalue weighted by Gasteiger charge is -2.02. The highest BCUT2D eigenvalue weighted by Crippen LogP contribution is 2.21. The van der Waals surface area contributed by atoms with Gasteiger partial charge in [-0.1, -0.05) is 13.8 Å². The van der Waals surface area contributed by atoms with Crippen LogP contribution in [0.2, 0.25) is 0 Å². The van der Waals surface area contributed by atoms with Crippen LogP contribution in [-0.4, -0.2) is 23.4 Å². The number of nitrogens with zero attached hydrogens (tertiary/aromatic N) is 3. The molecule has 0 aliphatic heterocycles. The van der Waals surface area contributed by atoms with Gasteiger partial charge >= 0.3 is 0 Å². The summed E-state index contributed by atoms with van der Waals surface area (Å²) in [5.41, 5.74) is 1.85. The van der Waals surface area contributed by atoms with E-state index in [4.69, 9.17) is 0 Å². The summed E-state index contributed by atoms with van der Waals surface area (Å²) < 4.78 is 24.3. The summed E-state index contributed by atoms with van der Waals surface area (Å²) in [5.74, 6) is 0.167. The normalized spacial score (nSPS) is 12.0. The molecule has 0 aliphatic carbocycles. The lowest BCUT2D eigenvalue weighted by atomic mass is 10.2. The molecule has 0 saturated heterocycles. The van der Waals surface area contributed by atoms with Crippen molar-refractivity contribution in [1.29, 1.82) is 0 Å². The number of sulfone groups is 1. The molecule has 0 saturated carbocycles. The maximum atomic E-state index is 12.1. The Balaban J connectivity index is 2.08. The Kier molecular flexibility index (Phi) is 4.49. The smallest absolute Gasteiger partial charge is 0.161 e. The molecule has 0 bridgehead atoms. The number of aryl methyl sites for hydroxylation is 1. The summed E-state index contributed by atoms with van der Waals surface area (Å²) in [6.45, 7) is 5.89. The zero-order valence-corrected chi connectivity index (χ0v) is 13.3. The summed E-state index contributed by atoms with van der Waals surface area (Å²) in [6.07, 6.45) is 3.08. The second-order valence-corrected chi connectivity index (χ2v) is 7.97. The summed E-state index contributed by atoms with van der Waals surface area (Å²) in [7, 11) is -3.27. The molecule has 0 amide bonds. The van der Waals surface area contributed by atoms with E-state index in [1.807, 2.05) is 26.2 Å². The third-order valence-electron chi connectivity index (χ3n) is 2.63. The molecule has 0 aliphatic rings. The van der Waals surface area contributed by atoms with E-state index >= 15 is 0 Å². The second-order valence-electron chi connectivity index (χ2n) is 5.01. The largest absolute Gasteiger partial charge is 0.258 e. The van der Waals surface area contributed by atoms with Crippen LogP contribution in [0.3, 0.4) is 0 Å². The van der Waals surface area contributed by atoms with Crippen molar-refractivity contribution in [3.63, 3.8) is 0 Å². The SMILES string of the molecule is Cc1cnc(CS(=O)(=O)Cc2csc(C(C)C)n2)cn1. The molecule has 5 nitrogen and oxygen atoms in total. The van der Waals surface area contributed by atoms with Crippen molar-refractivity contribution in [2.75, 3.05) is 0 Å². The minimum atomic E-state index is -3.27. The number of rotatable bonds is 5. The van der Waals surface area contributed by atoms with Gasteiger partial charge in [0.05, 0.1) is 33.6 Å². The van der Waals surface area contributed by atoms with Gasteiger partial charge in [0.2, 0.25) is 0 Å². The van der Waals surface area contributed by atoms with E-state index in [9.17, 15) is 8.42 Å². The van der Waals surface area contributed by atoms with Crippen molar-refractivity contribution in [2.24, 2.45) is 0 Å². The van der Waals surface area contributed by atoms with Gasteiger partial charge in [-0.05, 0) is 6.92 Å². The molecule has 0 spiro atoms. The van der Waals surface area contributed by atoms with Crippen LogP contribution in [-0.2, 0) is 21.3 Å². The highest BCUT2D eigenvalue weighted by Gasteiger charge is 2.17. The van der Waals surface area contributed by atoms with E-state index in [-0.39, 0.29) is 11.5 Å². The van der Waals surface area contributed by atoms with Crippen molar-refractivity contribution in [3.8, 4) is 0 Å². The summed E-state index contributed by atoms with van der Waals surface area (Å²) in [6, 6.07) is 0. The van der Waals surface area contributed by atoms with Crippen molar-refractivity contribution in [2.45, 2.75) is 38.2 Å². The number of thiazole rings is 1. The number of hydrogen-bond acceptors (Lipinski definition) is 6. The van der Waals surface area contributed by atoms with Crippen molar-refractivity contribution < 1.29 is 8.42 Å². The van der Waals surface area contributed by atoms with Crippen LogP contribution in [0.5, 0.6) is 0 Å². The predicted molar refractivity (Wildman–Crippen MR) is 79.3 cm³/mol. The van der Waals surface area contributed by atoms with E-state index in [0.717, 1.165) is 10.7 Å². The molecule has 2 heterocycles. The lowest BCUT2D eigenvalue weighted by molar-refractivity contribution is 0.593. The van der Waals surface area contributed by atoms with Crippen LogP contribution in [0.25, 0.3) is 0 Å². The highest BCUT2D eigenvalue weighted by atomic mass is 32.2.